The zero-order valence-corrected chi connectivity index (χ0v) is 10.1. The minimum absolute atomic E-state index is 0.370. The van der Waals surface area contributed by atoms with E-state index in [4.69, 9.17) is 5.26 Å². The fraction of sp³-hybridized carbons (Fsp3) is 0.583. The van der Waals surface area contributed by atoms with Gasteiger partial charge in [0, 0.05) is 19.1 Å². The Morgan fingerprint density at radius 3 is 2.94 bits per heavy atom. The van der Waals surface area contributed by atoms with Crippen LogP contribution in [0.5, 0.6) is 0 Å². The first-order chi connectivity index (χ1) is 8.35. The summed E-state index contributed by atoms with van der Waals surface area (Å²) in [5.74, 6) is 0.875. The lowest BCUT2D eigenvalue weighted by atomic mass is 10.2. The highest BCUT2D eigenvalue weighted by Crippen LogP contribution is 2.17. The summed E-state index contributed by atoms with van der Waals surface area (Å²) in [6, 6.07) is 2.49. The molecule has 0 radical (unpaired) electrons. The second kappa shape index (κ2) is 5.60. The van der Waals surface area contributed by atoms with Gasteiger partial charge in [-0.3, -0.25) is 0 Å². The molecule has 1 saturated heterocycles. The molecule has 0 bridgehead atoms. The molecule has 5 heteroatoms. The summed E-state index contributed by atoms with van der Waals surface area (Å²) in [6.07, 6.45) is 5.47. The van der Waals surface area contributed by atoms with E-state index >= 15 is 0 Å². The van der Waals surface area contributed by atoms with Gasteiger partial charge in [0.1, 0.15) is 11.9 Å². The molecule has 1 aliphatic heterocycles. The van der Waals surface area contributed by atoms with E-state index in [-0.39, 0.29) is 0 Å². The smallest absolute Gasteiger partial charge is 0.158 e. The van der Waals surface area contributed by atoms with Gasteiger partial charge in [-0.25, -0.2) is 9.97 Å². The maximum Gasteiger partial charge on any atom is 0.158 e. The zero-order valence-electron chi connectivity index (χ0n) is 10.1. The van der Waals surface area contributed by atoms with E-state index < -0.39 is 0 Å². The van der Waals surface area contributed by atoms with Crippen molar-refractivity contribution in [3.8, 4) is 6.07 Å². The topological polar surface area (TPSA) is 64.8 Å². The molecule has 5 nitrogen and oxygen atoms in total. The quantitative estimate of drug-likeness (QED) is 0.835. The number of nitriles is 1. The van der Waals surface area contributed by atoms with Gasteiger partial charge in [0.25, 0.3) is 0 Å². The molecule has 2 heterocycles. The van der Waals surface area contributed by atoms with Gasteiger partial charge >= 0.3 is 0 Å². The molecular formula is C12H17N5. The monoisotopic (exact) mass is 231 g/mol. The third-order valence-electron chi connectivity index (χ3n) is 2.99. The van der Waals surface area contributed by atoms with Crippen LogP contribution >= 0.6 is 0 Å². The van der Waals surface area contributed by atoms with Crippen molar-refractivity contribution >= 4 is 5.82 Å². The Kier molecular flexibility index (Phi) is 3.89. The summed E-state index contributed by atoms with van der Waals surface area (Å²) in [5, 5.41) is 12.1. The van der Waals surface area contributed by atoms with E-state index in [9.17, 15) is 0 Å². The highest BCUT2D eigenvalue weighted by atomic mass is 15.2. The van der Waals surface area contributed by atoms with Crippen LogP contribution in [-0.2, 0) is 0 Å². The number of hydrogen-bond donors (Lipinski definition) is 1. The number of aromatic nitrogens is 2. The largest absolute Gasteiger partial charge is 0.351 e. The molecule has 0 aliphatic carbocycles. The Balaban J connectivity index is 2.16. The van der Waals surface area contributed by atoms with Gasteiger partial charge in [-0.05, 0) is 19.4 Å². The summed E-state index contributed by atoms with van der Waals surface area (Å²) >= 11 is 0. The SMILES string of the molecule is CCCN(c1cnc(C#N)cn1)C1CCNC1. The summed E-state index contributed by atoms with van der Waals surface area (Å²) in [7, 11) is 0. The molecule has 1 fully saturated rings. The van der Waals surface area contributed by atoms with Crippen LogP contribution in [0.3, 0.4) is 0 Å². The number of nitrogens with zero attached hydrogens (tertiary/aromatic N) is 4. The first-order valence-electron chi connectivity index (χ1n) is 6.04. The second-order valence-electron chi connectivity index (χ2n) is 4.21. The van der Waals surface area contributed by atoms with Crippen molar-refractivity contribution in [3.05, 3.63) is 18.1 Å². The fourth-order valence-corrected chi connectivity index (χ4v) is 2.16. The number of rotatable bonds is 4. The van der Waals surface area contributed by atoms with Crippen molar-refractivity contribution in [2.75, 3.05) is 24.5 Å². The molecule has 0 amide bonds. The van der Waals surface area contributed by atoms with Crippen LogP contribution in [0.15, 0.2) is 12.4 Å². The lowest BCUT2D eigenvalue weighted by Gasteiger charge is -2.28. The van der Waals surface area contributed by atoms with Crippen molar-refractivity contribution in [2.24, 2.45) is 0 Å². The van der Waals surface area contributed by atoms with Gasteiger partial charge in [0.15, 0.2) is 5.69 Å². The summed E-state index contributed by atoms with van der Waals surface area (Å²) in [5.41, 5.74) is 0.370. The molecule has 2 rings (SSSR count). The van der Waals surface area contributed by atoms with Crippen LogP contribution < -0.4 is 10.2 Å². The van der Waals surface area contributed by atoms with E-state index in [1.165, 1.54) is 0 Å². The first kappa shape index (κ1) is 11.8. The molecule has 1 aromatic heterocycles. The molecule has 1 aromatic rings. The molecule has 90 valence electrons. The molecule has 1 atom stereocenters. The lowest BCUT2D eigenvalue weighted by Crippen LogP contribution is -2.38. The Labute approximate surface area is 101 Å². The van der Waals surface area contributed by atoms with Gasteiger partial charge in [-0.1, -0.05) is 6.92 Å². The van der Waals surface area contributed by atoms with Crippen LogP contribution in [-0.4, -0.2) is 35.6 Å². The van der Waals surface area contributed by atoms with E-state index in [0.717, 1.165) is 38.3 Å². The predicted octanol–water partition coefficient (Wildman–Crippen LogP) is 0.927. The molecule has 1 aliphatic rings. The van der Waals surface area contributed by atoms with Crippen molar-refractivity contribution in [1.82, 2.24) is 15.3 Å². The Morgan fingerprint density at radius 1 is 1.53 bits per heavy atom. The lowest BCUT2D eigenvalue weighted by molar-refractivity contribution is 0.617. The highest BCUT2D eigenvalue weighted by molar-refractivity contribution is 5.39. The predicted molar refractivity (Wildman–Crippen MR) is 65.7 cm³/mol. The average molecular weight is 231 g/mol. The van der Waals surface area contributed by atoms with Crippen molar-refractivity contribution in [3.63, 3.8) is 0 Å². The highest BCUT2D eigenvalue weighted by Gasteiger charge is 2.22. The minimum Gasteiger partial charge on any atom is -0.351 e. The fourth-order valence-electron chi connectivity index (χ4n) is 2.16. The van der Waals surface area contributed by atoms with Gasteiger partial charge < -0.3 is 10.2 Å². The van der Waals surface area contributed by atoms with Gasteiger partial charge in [0.05, 0.1) is 12.4 Å². The zero-order chi connectivity index (χ0) is 12.1. The van der Waals surface area contributed by atoms with E-state index in [2.05, 4.69) is 27.1 Å². The summed E-state index contributed by atoms with van der Waals surface area (Å²) in [6.45, 7) is 5.20. The Hall–Kier alpha value is -1.67. The van der Waals surface area contributed by atoms with Crippen LogP contribution in [0, 0.1) is 11.3 Å². The Bertz CT molecular complexity index is 388. The van der Waals surface area contributed by atoms with Crippen LogP contribution in [0.4, 0.5) is 5.82 Å². The standard InChI is InChI=1S/C12H17N5/c1-2-5-17(11-3-4-14-8-11)12-9-15-10(6-13)7-16-12/h7,9,11,14H,2-5,8H2,1H3. The second-order valence-corrected chi connectivity index (χ2v) is 4.21. The average Bonchev–Trinajstić information content (AvgIpc) is 2.90. The Morgan fingerprint density at radius 2 is 2.41 bits per heavy atom. The molecule has 0 saturated carbocycles. The summed E-state index contributed by atoms with van der Waals surface area (Å²) in [4.78, 5) is 10.7. The third-order valence-corrected chi connectivity index (χ3v) is 2.99. The van der Waals surface area contributed by atoms with E-state index in [1.807, 2.05) is 6.07 Å². The first-order valence-corrected chi connectivity index (χ1v) is 6.04. The number of nitrogens with one attached hydrogen (secondary N) is 1. The molecule has 0 aromatic carbocycles. The van der Waals surface area contributed by atoms with Crippen molar-refractivity contribution in [2.45, 2.75) is 25.8 Å². The maximum absolute atomic E-state index is 8.71. The molecule has 1 unspecified atom stereocenters. The van der Waals surface area contributed by atoms with Gasteiger partial charge in [-0.15, -0.1) is 0 Å². The number of hydrogen-bond acceptors (Lipinski definition) is 5. The number of anilines is 1. The van der Waals surface area contributed by atoms with Crippen LogP contribution in [0.2, 0.25) is 0 Å². The third kappa shape index (κ3) is 2.71. The van der Waals surface area contributed by atoms with Crippen LogP contribution in [0.25, 0.3) is 0 Å². The maximum atomic E-state index is 8.71. The van der Waals surface area contributed by atoms with Crippen LogP contribution in [0.1, 0.15) is 25.5 Å². The van der Waals surface area contributed by atoms with Gasteiger partial charge in [-0.2, -0.15) is 5.26 Å². The van der Waals surface area contributed by atoms with Crippen molar-refractivity contribution in [1.29, 1.82) is 5.26 Å². The van der Waals surface area contributed by atoms with Gasteiger partial charge in [0.2, 0.25) is 0 Å². The normalized spacial score (nSPS) is 18.9. The molecular weight excluding hydrogens is 214 g/mol. The molecule has 0 spiro atoms. The van der Waals surface area contributed by atoms with E-state index in [0.29, 0.717) is 11.7 Å². The minimum atomic E-state index is 0.370. The molecule has 17 heavy (non-hydrogen) atoms. The molecule has 1 N–H and O–H groups in total. The van der Waals surface area contributed by atoms with Crippen molar-refractivity contribution < 1.29 is 0 Å². The van der Waals surface area contributed by atoms with E-state index in [1.54, 1.807) is 12.4 Å². The summed E-state index contributed by atoms with van der Waals surface area (Å²) < 4.78 is 0.